The molecule has 0 unspecified atom stereocenters. The molecule has 1 fully saturated rings. The van der Waals surface area contributed by atoms with Gasteiger partial charge in [0.1, 0.15) is 12.0 Å². The Kier molecular flexibility index (Phi) is 6.93. The van der Waals surface area contributed by atoms with Gasteiger partial charge in [-0.05, 0) is 44.2 Å². The van der Waals surface area contributed by atoms with Crippen molar-refractivity contribution in [2.24, 2.45) is 0 Å². The van der Waals surface area contributed by atoms with Crippen LogP contribution < -0.4 is 10.2 Å². The van der Waals surface area contributed by atoms with Crippen LogP contribution in [0.5, 0.6) is 0 Å². The molecule has 10 heteroatoms. The van der Waals surface area contributed by atoms with Gasteiger partial charge < -0.3 is 15.1 Å². The molecular weight excluding hydrogens is 414 g/mol. The second kappa shape index (κ2) is 9.82. The smallest absolute Gasteiger partial charge is 0.287 e. The first-order chi connectivity index (χ1) is 15.2. The molecule has 1 aromatic carbocycles. The quantitative estimate of drug-likeness (QED) is 0.318. The molecule has 0 aliphatic carbocycles. The SMILES string of the molecule is CC(=O)c1ccc(NC(=O)/C=C(/C)C(=O)N2CCN(c3ccc([N+](=O)[O-])cn3)CC2)cc1. The minimum absolute atomic E-state index is 0.0614. The van der Waals surface area contributed by atoms with E-state index in [1.807, 2.05) is 4.90 Å². The molecule has 0 radical (unpaired) electrons. The molecule has 1 aliphatic heterocycles. The predicted molar refractivity (Wildman–Crippen MR) is 119 cm³/mol. The highest BCUT2D eigenvalue weighted by Gasteiger charge is 2.23. The Morgan fingerprint density at radius 1 is 1.03 bits per heavy atom. The van der Waals surface area contributed by atoms with E-state index >= 15 is 0 Å². The van der Waals surface area contributed by atoms with Crippen LogP contribution in [0.2, 0.25) is 0 Å². The minimum Gasteiger partial charge on any atom is -0.353 e. The van der Waals surface area contributed by atoms with Gasteiger partial charge in [-0.25, -0.2) is 4.98 Å². The summed E-state index contributed by atoms with van der Waals surface area (Å²) in [4.78, 5) is 54.2. The summed E-state index contributed by atoms with van der Waals surface area (Å²) >= 11 is 0. The highest BCUT2D eigenvalue weighted by atomic mass is 16.6. The number of hydrogen-bond acceptors (Lipinski definition) is 7. The molecule has 0 atom stereocenters. The van der Waals surface area contributed by atoms with Crippen LogP contribution in [0.1, 0.15) is 24.2 Å². The molecule has 32 heavy (non-hydrogen) atoms. The standard InChI is InChI=1S/C22H23N5O5/c1-15(13-21(29)24-18-5-3-17(4-6-18)16(2)28)22(30)26-11-9-25(10-12-26)20-8-7-19(14-23-20)27(31)32/h3-8,13-14H,9-12H2,1-2H3,(H,24,29)/b15-13-. The van der Waals surface area contributed by atoms with Crippen molar-refractivity contribution in [3.8, 4) is 0 Å². The number of nitrogens with one attached hydrogen (secondary N) is 1. The molecule has 10 nitrogen and oxygen atoms in total. The largest absolute Gasteiger partial charge is 0.353 e. The normalized spacial score (nSPS) is 14.1. The van der Waals surface area contributed by atoms with Gasteiger partial charge in [0, 0.05) is 55.1 Å². The summed E-state index contributed by atoms with van der Waals surface area (Å²) in [5.41, 5.74) is 1.31. The lowest BCUT2D eigenvalue weighted by Crippen LogP contribution is -2.49. The molecule has 0 spiro atoms. The number of hydrogen-bond donors (Lipinski definition) is 1. The molecule has 2 amide bonds. The summed E-state index contributed by atoms with van der Waals surface area (Å²) in [7, 11) is 0. The van der Waals surface area contributed by atoms with Crippen molar-refractivity contribution in [1.29, 1.82) is 0 Å². The number of rotatable bonds is 6. The lowest BCUT2D eigenvalue weighted by molar-refractivity contribution is -0.385. The van der Waals surface area contributed by atoms with Gasteiger partial charge >= 0.3 is 0 Å². The third-order valence-corrected chi connectivity index (χ3v) is 5.08. The summed E-state index contributed by atoms with van der Waals surface area (Å²) in [6, 6.07) is 9.50. The summed E-state index contributed by atoms with van der Waals surface area (Å²) in [6.07, 6.45) is 2.47. The van der Waals surface area contributed by atoms with E-state index in [0.717, 1.165) is 0 Å². The second-order valence-corrected chi connectivity index (χ2v) is 7.36. The van der Waals surface area contributed by atoms with Gasteiger partial charge in [0.25, 0.3) is 5.69 Å². The third-order valence-electron chi connectivity index (χ3n) is 5.08. The number of Topliss-reactive ketones (excluding diaryl/α,β-unsaturated/α-hetero) is 1. The number of amides is 2. The van der Waals surface area contributed by atoms with Gasteiger partial charge in [0.2, 0.25) is 11.8 Å². The highest BCUT2D eigenvalue weighted by Crippen LogP contribution is 2.18. The van der Waals surface area contributed by atoms with E-state index in [4.69, 9.17) is 0 Å². The van der Waals surface area contributed by atoms with Crippen LogP contribution in [0.15, 0.2) is 54.2 Å². The average molecular weight is 437 g/mol. The first kappa shape index (κ1) is 22.6. The summed E-state index contributed by atoms with van der Waals surface area (Å²) in [6.45, 7) is 4.99. The van der Waals surface area contributed by atoms with Crippen LogP contribution in [0.3, 0.4) is 0 Å². The summed E-state index contributed by atoms with van der Waals surface area (Å²) in [5, 5.41) is 13.4. The molecule has 0 saturated carbocycles. The molecule has 1 aliphatic rings. The van der Waals surface area contributed by atoms with Crippen LogP contribution >= 0.6 is 0 Å². The van der Waals surface area contributed by atoms with Crippen LogP contribution in [-0.2, 0) is 9.59 Å². The number of pyridine rings is 1. The van der Waals surface area contributed by atoms with Crippen molar-refractivity contribution in [2.45, 2.75) is 13.8 Å². The molecule has 3 rings (SSSR count). The van der Waals surface area contributed by atoms with Gasteiger partial charge in [-0.3, -0.25) is 24.5 Å². The molecular formula is C22H23N5O5. The van der Waals surface area contributed by atoms with Crippen LogP contribution in [0.25, 0.3) is 0 Å². The zero-order valence-electron chi connectivity index (χ0n) is 17.8. The van der Waals surface area contributed by atoms with Gasteiger partial charge in [-0.15, -0.1) is 0 Å². The zero-order chi connectivity index (χ0) is 23.3. The van der Waals surface area contributed by atoms with Gasteiger partial charge in [0.05, 0.1) is 4.92 Å². The number of carbonyl (C=O) groups is 3. The molecule has 1 aromatic heterocycles. The summed E-state index contributed by atoms with van der Waals surface area (Å²) in [5.74, 6) is -0.109. The van der Waals surface area contributed by atoms with Crippen molar-refractivity contribution in [2.75, 3.05) is 36.4 Å². The fourth-order valence-electron chi connectivity index (χ4n) is 3.29. The number of anilines is 2. The Balaban J connectivity index is 1.54. The fourth-order valence-corrected chi connectivity index (χ4v) is 3.29. The second-order valence-electron chi connectivity index (χ2n) is 7.36. The number of carbonyl (C=O) groups excluding carboxylic acids is 3. The number of nitro groups is 1. The zero-order valence-corrected chi connectivity index (χ0v) is 17.8. The minimum atomic E-state index is -0.500. The molecule has 1 saturated heterocycles. The van der Waals surface area contributed by atoms with E-state index in [2.05, 4.69) is 10.3 Å². The van der Waals surface area contributed by atoms with Crippen molar-refractivity contribution in [1.82, 2.24) is 9.88 Å². The lowest BCUT2D eigenvalue weighted by atomic mass is 10.1. The van der Waals surface area contributed by atoms with E-state index in [0.29, 0.717) is 48.8 Å². The van der Waals surface area contributed by atoms with E-state index in [1.54, 1.807) is 42.2 Å². The Bertz CT molecular complexity index is 1060. The Morgan fingerprint density at radius 2 is 1.69 bits per heavy atom. The topological polar surface area (TPSA) is 126 Å². The van der Waals surface area contributed by atoms with Crippen LogP contribution in [0.4, 0.5) is 17.2 Å². The third kappa shape index (κ3) is 5.54. The lowest BCUT2D eigenvalue weighted by Gasteiger charge is -2.35. The van der Waals surface area contributed by atoms with E-state index in [9.17, 15) is 24.5 Å². The van der Waals surface area contributed by atoms with Gasteiger partial charge in [0.15, 0.2) is 5.78 Å². The van der Waals surface area contributed by atoms with E-state index in [-0.39, 0.29) is 17.4 Å². The van der Waals surface area contributed by atoms with Crippen LogP contribution in [0, 0.1) is 10.1 Å². The van der Waals surface area contributed by atoms with E-state index < -0.39 is 10.8 Å². The van der Waals surface area contributed by atoms with Crippen molar-refractivity contribution < 1.29 is 19.3 Å². The first-order valence-corrected chi connectivity index (χ1v) is 9.99. The maximum Gasteiger partial charge on any atom is 0.287 e. The van der Waals surface area contributed by atoms with Crippen molar-refractivity contribution >= 4 is 34.8 Å². The molecule has 166 valence electrons. The fraction of sp³-hybridized carbons (Fsp3) is 0.273. The Labute approximate surface area is 184 Å². The van der Waals surface area contributed by atoms with Crippen LogP contribution in [-0.4, -0.2) is 58.6 Å². The summed E-state index contributed by atoms with van der Waals surface area (Å²) < 4.78 is 0. The van der Waals surface area contributed by atoms with Gasteiger partial charge in [-0.1, -0.05) is 0 Å². The predicted octanol–water partition coefficient (Wildman–Crippen LogP) is 2.43. The number of nitrogens with zero attached hydrogens (tertiary/aromatic N) is 4. The number of ketones is 1. The maximum atomic E-state index is 12.7. The average Bonchev–Trinajstić information content (AvgIpc) is 2.79. The molecule has 2 aromatic rings. The number of piperazine rings is 1. The van der Waals surface area contributed by atoms with Crippen molar-refractivity contribution in [3.63, 3.8) is 0 Å². The molecule has 2 heterocycles. The van der Waals surface area contributed by atoms with Crippen molar-refractivity contribution in [3.05, 3.63) is 69.9 Å². The first-order valence-electron chi connectivity index (χ1n) is 9.99. The highest BCUT2D eigenvalue weighted by molar-refractivity contribution is 6.06. The Hall–Kier alpha value is -4.08. The molecule has 1 N–H and O–H groups in total. The van der Waals surface area contributed by atoms with Gasteiger partial charge in [-0.2, -0.15) is 0 Å². The monoisotopic (exact) mass is 437 g/mol. The number of benzene rings is 1. The number of aromatic nitrogens is 1. The molecule has 0 bridgehead atoms. The Morgan fingerprint density at radius 3 is 2.22 bits per heavy atom. The maximum absolute atomic E-state index is 12.7. The van der Waals surface area contributed by atoms with E-state index in [1.165, 1.54) is 25.3 Å².